The minimum atomic E-state index is -3.49. The van der Waals surface area contributed by atoms with Crippen molar-refractivity contribution in [2.45, 2.75) is 75.1 Å². The second-order valence-corrected chi connectivity index (χ2v) is 10.3. The van der Waals surface area contributed by atoms with E-state index >= 15 is 0 Å². The number of aromatic nitrogens is 3. The Morgan fingerprint density at radius 3 is 2.37 bits per heavy atom. The van der Waals surface area contributed by atoms with Gasteiger partial charge in [0, 0.05) is 26.1 Å². The van der Waals surface area contributed by atoms with Crippen LogP contribution in [0.15, 0.2) is 11.5 Å². The van der Waals surface area contributed by atoms with Crippen LogP contribution in [0.3, 0.4) is 0 Å². The fraction of sp³-hybridized carbons (Fsp3) is 0.842. The zero-order valence-electron chi connectivity index (χ0n) is 16.5. The SMILES string of the molecule is CCCCC1CCC(C(=O)N2CCC(S(=O)(=O)c3nncn3C)CC2)CC1. The van der Waals surface area contributed by atoms with E-state index in [0.29, 0.717) is 25.9 Å². The number of carbonyl (C=O) groups excluding carboxylic acids is 1. The van der Waals surface area contributed by atoms with Gasteiger partial charge in [-0.1, -0.05) is 26.2 Å². The summed E-state index contributed by atoms with van der Waals surface area (Å²) in [5.41, 5.74) is 0. The van der Waals surface area contributed by atoms with Crippen LogP contribution in [0.2, 0.25) is 0 Å². The molecule has 1 amide bonds. The molecular formula is C19H32N4O3S. The van der Waals surface area contributed by atoms with E-state index in [-0.39, 0.29) is 17.0 Å². The Morgan fingerprint density at radius 1 is 1.15 bits per heavy atom. The van der Waals surface area contributed by atoms with Crippen LogP contribution in [-0.2, 0) is 21.7 Å². The van der Waals surface area contributed by atoms with Gasteiger partial charge in [0.15, 0.2) is 0 Å². The van der Waals surface area contributed by atoms with Crippen LogP contribution in [0.1, 0.15) is 64.7 Å². The average molecular weight is 397 g/mol. The second kappa shape index (κ2) is 8.71. The Morgan fingerprint density at radius 2 is 1.81 bits per heavy atom. The van der Waals surface area contributed by atoms with Gasteiger partial charge in [-0.05, 0) is 44.4 Å². The molecule has 2 heterocycles. The number of nitrogens with zero attached hydrogens (tertiary/aromatic N) is 4. The van der Waals surface area contributed by atoms with E-state index in [1.807, 2.05) is 4.90 Å². The minimum Gasteiger partial charge on any atom is -0.342 e. The summed E-state index contributed by atoms with van der Waals surface area (Å²) in [5, 5.41) is 6.99. The first kappa shape index (κ1) is 20.3. The molecule has 0 atom stereocenters. The maximum Gasteiger partial charge on any atom is 0.249 e. The Labute approximate surface area is 162 Å². The van der Waals surface area contributed by atoms with E-state index in [1.54, 1.807) is 7.05 Å². The predicted molar refractivity (Wildman–Crippen MR) is 103 cm³/mol. The summed E-state index contributed by atoms with van der Waals surface area (Å²) in [6, 6.07) is 0. The van der Waals surface area contributed by atoms with Crippen LogP contribution in [0.25, 0.3) is 0 Å². The van der Waals surface area contributed by atoms with Crippen LogP contribution < -0.4 is 0 Å². The molecule has 1 aliphatic heterocycles. The van der Waals surface area contributed by atoms with E-state index in [4.69, 9.17) is 0 Å². The van der Waals surface area contributed by atoms with E-state index in [1.165, 1.54) is 30.2 Å². The van der Waals surface area contributed by atoms with Gasteiger partial charge in [-0.3, -0.25) is 4.79 Å². The molecule has 1 aromatic heterocycles. The number of hydrogen-bond acceptors (Lipinski definition) is 5. The van der Waals surface area contributed by atoms with Gasteiger partial charge in [0.05, 0.1) is 5.25 Å². The number of sulfone groups is 1. The number of aryl methyl sites for hydroxylation is 1. The first-order chi connectivity index (χ1) is 12.9. The van der Waals surface area contributed by atoms with Gasteiger partial charge in [0.25, 0.3) is 0 Å². The van der Waals surface area contributed by atoms with Gasteiger partial charge in [0.1, 0.15) is 6.33 Å². The maximum absolute atomic E-state index is 12.9. The summed E-state index contributed by atoms with van der Waals surface area (Å²) in [4.78, 5) is 14.8. The summed E-state index contributed by atoms with van der Waals surface area (Å²) in [6.45, 7) is 3.27. The number of unbranched alkanes of at least 4 members (excludes halogenated alkanes) is 1. The van der Waals surface area contributed by atoms with E-state index in [2.05, 4.69) is 17.1 Å². The summed E-state index contributed by atoms with van der Waals surface area (Å²) in [7, 11) is -1.85. The molecule has 3 rings (SSSR count). The lowest BCUT2D eigenvalue weighted by atomic mass is 9.79. The smallest absolute Gasteiger partial charge is 0.249 e. The molecule has 1 saturated carbocycles. The second-order valence-electron chi connectivity index (χ2n) is 8.15. The first-order valence-electron chi connectivity index (χ1n) is 10.3. The highest BCUT2D eigenvalue weighted by atomic mass is 32.2. The zero-order valence-corrected chi connectivity index (χ0v) is 17.3. The number of rotatable bonds is 6. The van der Waals surface area contributed by atoms with Gasteiger partial charge in [-0.25, -0.2) is 8.42 Å². The van der Waals surface area contributed by atoms with Gasteiger partial charge >= 0.3 is 0 Å². The molecule has 7 nitrogen and oxygen atoms in total. The highest BCUT2D eigenvalue weighted by Crippen LogP contribution is 2.34. The van der Waals surface area contributed by atoms with Crippen molar-refractivity contribution in [2.75, 3.05) is 13.1 Å². The summed E-state index contributed by atoms with van der Waals surface area (Å²) < 4.78 is 26.9. The number of hydrogen-bond donors (Lipinski definition) is 0. The highest BCUT2D eigenvalue weighted by molar-refractivity contribution is 7.91. The number of piperidine rings is 1. The van der Waals surface area contributed by atoms with Crippen molar-refractivity contribution in [3.05, 3.63) is 6.33 Å². The zero-order chi connectivity index (χ0) is 19.4. The number of carbonyl (C=O) groups is 1. The third kappa shape index (κ3) is 4.52. The molecular weight excluding hydrogens is 364 g/mol. The van der Waals surface area contributed by atoms with Crippen LogP contribution in [0.4, 0.5) is 0 Å². The molecule has 2 aliphatic rings. The Balaban J connectivity index is 1.51. The first-order valence-corrected chi connectivity index (χ1v) is 11.8. The third-order valence-electron chi connectivity index (χ3n) is 6.28. The van der Waals surface area contributed by atoms with Crippen LogP contribution in [0, 0.1) is 11.8 Å². The fourth-order valence-corrected chi connectivity index (χ4v) is 6.25. The van der Waals surface area contributed by atoms with Crippen molar-refractivity contribution < 1.29 is 13.2 Å². The van der Waals surface area contributed by atoms with Crippen molar-refractivity contribution >= 4 is 15.7 Å². The molecule has 8 heteroatoms. The van der Waals surface area contributed by atoms with Crippen molar-refractivity contribution in [3.63, 3.8) is 0 Å². The topological polar surface area (TPSA) is 85.2 Å². The largest absolute Gasteiger partial charge is 0.342 e. The van der Waals surface area contributed by atoms with Crippen LogP contribution >= 0.6 is 0 Å². The molecule has 0 radical (unpaired) electrons. The molecule has 1 saturated heterocycles. The molecule has 0 unspecified atom stereocenters. The normalized spacial score (nSPS) is 24.9. The maximum atomic E-state index is 12.9. The standard InChI is InChI=1S/C19H32N4O3S/c1-3-4-5-15-6-8-16(9-7-15)18(24)23-12-10-17(11-13-23)27(25,26)19-21-20-14-22(19)2/h14-17H,3-13H2,1-2H3. The minimum absolute atomic E-state index is 0.0256. The Kier molecular flexibility index (Phi) is 6.55. The van der Waals surface area contributed by atoms with Gasteiger partial charge in [0.2, 0.25) is 20.9 Å². The molecule has 1 aliphatic carbocycles. The molecule has 27 heavy (non-hydrogen) atoms. The molecule has 152 valence electrons. The van der Waals surface area contributed by atoms with Gasteiger partial charge in [-0.2, -0.15) is 0 Å². The third-order valence-corrected chi connectivity index (χ3v) is 8.51. The molecule has 0 aromatic carbocycles. The Bertz CT molecular complexity index is 730. The fourth-order valence-electron chi connectivity index (χ4n) is 4.51. The lowest BCUT2D eigenvalue weighted by Crippen LogP contribution is -2.45. The van der Waals surface area contributed by atoms with Crippen molar-refractivity contribution in [2.24, 2.45) is 18.9 Å². The summed E-state index contributed by atoms with van der Waals surface area (Å²) >= 11 is 0. The molecule has 2 fully saturated rings. The predicted octanol–water partition coefficient (Wildman–Crippen LogP) is 2.58. The van der Waals surface area contributed by atoms with Crippen LogP contribution in [0.5, 0.6) is 0 Å². The van der Waals surface area contributed by atoms with Crippen molar-refractivity contribution in [1.29, 1.82) is 0 Å². The molecule has 0 spiro atoms. The van der Waals surface area contributed by atoms with E-state index < -0.39 is 15.1 Å². The average Bonchev–Trinajstić information content (AvgIpc) is 3.13. The Hall–Kier alpha value is -1.44. The monoisotopic (exact) mass is 396 g/mol. The summed E-state index contributed by atoms with van der Waals surface area (Å²) in [6.07, 6.45) is 10.5. The van der Waals surface area contributed by atoms with E-state index in [0.717, 1.165) is 31.6 Å². The van der Waals surface area contributed by atoms with Gasteiger partial charge in [-0.15, -0.1) is 10.2 Å². The van der Waals surface area contributed by atoms with Crippen molar-refractivity contribution in [3.8, 4) is 0 Å². The molecule has 1 aromatic rings. The highest BCUT2D eigenvalue weighted by Gasteiger charge is 2.37. The van der Waals surface area contributed by atoms with E-state index in [9.17, 15) is 13.2 Å². The molecule has 0 bridgehead atoms. The van der Waals surface area contributed by atoms with Gasteiger partial charge < -0.3 is 9.47 Å². The number of likely N-dealkylation sites (tertiary alicyclic amines) is 1. The van der Waals surface area contributed by atoms with Crippen molar-refractivity contribution in [1.82, 2.24) is 19.7 Å². The van der Waals surface area contributed by atoms with Crippen LogP contribution in [-0.4, -0.2) is 52.3 Å². The lowest BCUT2D eigenvalue weighted by Gasteiger charge is -2.36. The summed E-state index contributed by atoms with van der Waals surface area (Å²) in [5.74, 6) is 1.16. The lowest BCUT2D eigenvalue weighted by molar-refractivity contribution is -0.137. The molecule has 0 N–H and O–H groups in total. The quantitative estimate of drug-likeness (QED) is 0.738. The number of amides is 1.